The summed E-state index contributed by atoms with van der Waals surface area (Å²) in [6.07, 6.45) is 3.69. The van der Waals surface area contributed by atoms with Crippen LogP contribution in [0.4, 0.5) is 0 Å². The monoisotopic (exact) mass is 218 g/mol. The fourth-order valence-corrected chi connectivity index (χ4v) is 2.38. The largest absolute Gasteiger partial charge is 0.324 e. The zero-order chi connectivity index (χ0) is 11.4. The summed E-state index contributed by atoms with van der Waals surface area (Å²) in [7, 11) is 0. The van der Waals surface area contributed by atoms with Gasteiger partial charge in [0.15, 0.2) is 0 Å². The predicted octanol–water partition coefficient (Wildman–Crippen LogP) is 2.46. The third-order valence-electron chi connectivity index (χ3n) is 3.49. The van der Waals surface area contributed by atoms with Gasteiger partial charge in [0.2, 0.25) is 0 Å². The molecular formula is C14H22N2. The van der Waals surface area contributed by atoms with E-state index in [2.05, 4.69) is 36.5 Å². The van der Waals surface area contributed by atoms with Crippen molar-refractivity contribution in [1.29, 1.82) is 0 Å². The molecule has 1 aliphatic rings. The summed E-state index contributed by atoms with van der Waals surface area (Å²) in [5.41, 5.74) is 7.37. The molecule has 2 rings (SSSR count). The number of rotatable bonds is 5. The van der Waals surface area contributed by atoms with Crippen LogP contribution in [0, 0.1) is 5.92 Å². The van der Waals surface area contributed by atoms with Gasteiger partial charge in [-0.05, 0) is 37.3 Å². The van der Waals surface area contributed by atoms with Gasteiger partial charge in [-0.15, -0.1) is 0 Å². The Morgan fingerprint density at radius 1 is 1.31 bits per heavy atom. The highest BCUT2D eigenvalue weighted by Crippen LogP contribution is 2.26. The molecule has 0 saturated heterocycles. The molecule has 2 heteroatoms. The van der Waals surface area contributed by atoms with Gasteiger partial charge in [-0.3, -0.25) is 0 Å². The van der Waals surface area contributed by atoms with Gasteiger partial charge in [0.1, 0.15) is 0 Å². The lowest BCUT2D eigenvalue weighted by Gasteiger charge is -2.33. The van der Waals surface area contributed by atoms with Crippen LogP contribution in [0.15, 0.2) is 30.3 Å². The number of nitrogens with two attached hydrogens (primary N) is 1. The van der Waals surface area contributed by atoms with E-state index in [0.29, 0.717) is 0 Å². The van der Waals surface area contributed by atoms with E-state index in [1.165, 1.54) is 18.4 Å². The third-order valence-corrected chi connectivity index (χ3v) is 3.49. The second-order valence-electron chi connectivity index (χ2n) is 5.03. The lowest BCUT2D eigenvalue weighted by atomic mass is 9.82. The molecular weight excluding hydrogens is 196 g/mol. The summed E-state index contributed by atoms with van der Waals surface area (Å²) in [5, 5.41) is 3.57. The van der Waals surface area contributed by atoms with Gasteiger partial charge < -0.3 is 11.1 Å². The van der Waals surface area contributed by atoms with Crippen molar-refractivity contribution >= 4 is 0 Å². The van der Waals surface area contributed by atoms with Crippen LogP contribution in [0.2, 0.25) is 0 Å². The summed E-state index contributed by atoms with van der Waals surface area (Å²) in [5.74, 6) is 0.917. The summed E-state index contributed by atoms with van der Waals surface area (Å²) in [6.45, 7) is 3.35. The summed E-state index contributed by atoms with van der Waals surface area (Å²) in [4.78, 5) is 0. The highest BCUT2D eigenvalue weighted by Gasteiger charge is 2.24. The molecule has 2 nitrogen and oxygen atoms in total. The van der Waals surface area contributed by atoms with Crippen molar-refractivity contribution in [3.05, 3.63) is 35.9 Å². The molecule has 1 saturated carbocycles. The second-order valence-corrected chi connectivity index (χ2v) is 5.03. The molecule has 0 amide bonds. The number of hydrogen-bond acceptors (Lipinski definition) is 2. The maximum absolute atomic E-state index is 6.13. The van der Waals surface area contributed by atoms with Crippen molar-refractivity contribution in [2.45, 2.75) is 38.3 Å². The molecule has 1 atom stereocenters. The van der Waals surface area contributed by atoms with E-state index >= 15 is 0 Å². The van der Waals surface area contributed by atoms with Crippen molar-refractivity contribution in [1.82, 2.24) is 5.32 Å². The molecule has 0 heterocycles. The SMILES string of the molecule is CC1CC(NCCC(N)c2ccccc2)C1. The molecule has 1 unspecified atom stereocenters. The van der Waals surface area contributed by atoms with Gasteiger partial charge >= 0.3 is 0 Å². The Kier molecular flexibility index (Phi) is 3.97. The molecule has 1 aromatic carbocycles. The fourth-order valence-electron chi connectivity index (χ4n) is 2.38. The summed E-state index contributed by atoms with van der Waals surface area (Å²) in [6, 6.07) is 11.3. The Morgan fingerprint density at radius 2 is 2.00 bits per heavy atom. The Morgan fingerprint density at radius 3 is 2.62 bits per heavy atom. The summed E-state index contributed by atoms with van der Waals surface area (Å²) >= 11 is 0. The van der Waals surface area contributed by atoms with Crippen LogP contribution in [0.25, 0.3) is 0 Å². The minimum Gasteiger partial charge on any atom is -0.324 e. The van der Waals surface area contributed by atoms with Gasteiger partial charge in [0.05, 0.1) is 0 Å². The summed E-state index contributed by atoms with van der Waals surface area (Å²) < 4.78 is 0. The molecule has 0 radical (unpaired) electrons. The number of nitrogens with one attached hydrogen (secondary N) is 1. The molecule has 88 valence electrons. The Bertz CT molecular complexity index is 304. The first-order valence-electron chi connectivity index (χ1n) is 6.29. The molecule has 16 heavy (non-hydrogen) atoms. The van der Waals surface area contributed by atoms with Crippen LogP contribution in [-0.2, 0) is 0 Å². The highest BCUT2D eigenvalue weighted by atomic mass is 14.9. The molecule has 3 N–H and O–H groups in total. The van der Waals surface area contributed by atoms with Crippen LogP contribution in [0.1, 0.15) is 37.8 Å². The minimum absolute atomic E-state index is 0.172. The lowest BCUT2D eigenvalue weighted by Crippen LogP contribution is -2.41. The molecule has 0 aliphatic heterocycles. The minimum atomic E-state index is 0.172. The van der Waals surface area contributed by atoms with Gasteiger partial charge in [-0.2, -0.15) is 0 Å². The molecule has 1 aromatic rings. The molecule has 1 fully saturated rings. The smallest absolute Gasteiger partial charge is 0.0306 e. The van der Waals surface area contributed by atoms with Crippen molar-refractivity contribution in [2.24, 2.45) is 11.7 Å². The fraction of sp³-hybridized carbons (Fsp3) is 0.571. The van der Waals surface area contributed by atoms with Crippen molar-refractivity contribution in [3.8, 4) is 0 Å². The van der Waals surface area contributed by atoms with Crippen LogP contribution in [0.3, 0.4) is 0 Å². The van der Waals surface area contributed by atoms with Gasteiger partial charge in [-0.1, -0.05) is 37.3 Å². The Labute approximate surface area is 98.2 Å². The first kappa shape index (κ1) is 11.6. The normalized spacial score (nSPS) is 26.1. The van der Waals surface area contributed by atoms with Crippen molar-refractivity contribution in [3.63, 3.8) is 0 Å². The average molecular weight is 218 g/mol. The second kappa shape index (κ2) is 5.46. The van der Waals surface area contributed by atoms with E-state index in [9.17, 15) is 0 Å². The van der Waals surface area contributed by atoms with Gasteiger partial charge in [0.25, 0.3) is 0 Å². The first-order valence-corrected chi connectivity index (χ1v) is 6.29. The van der Waals surface area contributed by atoms with E-state index in [4.69, 9.17) is 5.73 Å². The van der Waals surface area contributed by atoms with Crippen LogP contribution >= 0.6 is 0 Å². The number of benzene rings is 1. The van der Waals surface area contributed by atoms with Crippen LogP contribution in [-0.4, -0.2) is 12.6 Å². The van der Waals surface area contributed by atoms with Crippen LogP contribution < -0.4 is 11.1 Å². The van der Waals surface area contributed by atoms with E-state index in [1.54, 1.807) is 0 Å². The molecule has 0 spiro atoms. The predicted molar refractivity (Wildman–Crippen MR) is 68.2 cm³/mol. The van der Waals surface area contributed by atoms with Crippen molar-refractivity contribution in [2.75, 3.05) is 6.54 Å². The standard InChI is InChI=1S/C14H22N2/c1-11-9-13(10-11)16-8-7-14(15)12-5-3-2-4-6-12/h2-6,11,13-14,16H,7-10,15H2,1H3. The number of hydrogen-bond donors (Lipinski definition) is 2. The van der Waals surface area contributed by atoms with E-state index in [1.807, 2.05) is 6.07 Å². The lowest BCUT2D eigenvalue weighted by molar-refractivity contribution is 0.240. The maximum Gasteiger partial charge on any atom is 0.0306 e. The zero-order valence-electron chi connectivity index (χ0n) is 10.0. The van der Waals surface area contributed by atoms with Crippen molar-refractivity contribution < 1.29 is 0 Å². The Balaban J connectivity index is 1.66. The third kappa shape index (κ3) is 3.06. The van der Waals surface area contributed by atoms with Gasteiger partial charge in [0, 0.05) is 12.1 Å². The molecule has 0 bridgehead atoms. The molecule has 1 aliphatic carbocycles. The highest BCUT2D eigenvalue weighted by molar-refractivity contribution is 5.18. The maximum atomic E-state index is 6.13. The quantitative estimate of drug-likeness (QED) is 0.796. The topological polar surface area (TPSA) is 38.0 Å². The van der Waals surface area contributed by atoms with E-state index < -0.39 is 0 Å². The van der Waals surface area contributed by atoms with Gasteiger partial charge in [-0.25, -0.2) is 0 Å². The average Bonchev–Trinajstić information content (AvgIpc) is 2.27. The molecule has 0 aromatic heterocycles. The van der Waals surface area contributed by atoms with E-state index in [-0.39, 0.29) is 6.04 Å². The zero-order valence-corrected chi connectivity index (χ0v) is 10.0. The van der Waals surface area contributed by atoms with Crippen LogP contribution in [0.5, 0.6) is 0 Å². The Hall–Kier alpha value is -0.860. The van der Waals surface area contributed by atoms with E-state index in [0.717, 1.165) is 24.9 Å². The first-order chi connectivity index (χ1) is 7.75.